The highest BCUT2D eigenvalue weighted by atomic mass is 19.1. The average molecular weight is 316 g/mol. The quantitative estimate of drug-likeness (QED) is 0.720. The normalized spacial score (nSPS) is 18.8. The largest absolute Gasteiger partial charge is 0.338 e. The van der Waals surface area contributed by atoms with Crippen molar-refractivity contribution >= 4 is 5.91 Å². The van der Waals surface area contributed by atoms with Gasteiger partial charge in [-0.3, -0.25) is 9.69 Å². The SMILES string of the molecule is C=CCN(CC=C)C1CCC(=O)N(Cc2ccc(F)cc2)CC1. The van der Waals surface area contributed by atoms with Crippen LogP contribution in [-0.2, 0) is 11.3 Å². The minimum atomic E-state index is -0.250. The monoisotopic (exact) mass is 316 g/mol. The molecule has 1 aromatic rings. The number of carbonyl (C=O) groups excluding carboxylic acids is 1. The molecule has 1 aliphatic rings. The van der Waals surface area contributed by atoms with Crippen LogP contribution in [0.4, 0.5) is 4.39 Å². The fourth-order valence-electron chi connectivity index (χ4n) is 3.07. The number of nitrogens with zero attached hydrogens (tertiary/aromatic N) is 2. The van der Waals surface area contributed by atoms with Crippen molar-refractivity contribution in [2.45, 2.75) is 31.8 Å². The molecule has 2 rings (SSSR count). The maximum Gasteiger partial charge on any atom is 0.222 e. The van der Waals surface area contributed by atoms with Gasteiger partial charge in [-0.05, 0) is 30.5 Å². The predicted molar refractivity (Wildman–Crippen MR) is 91.4 cm³/mol. The molecule has 1 heterocycles. The van der Waals surface area contributed by atoms with Crippen LogP contribution >= 0.6 is 0 Å². The molecular weight excluding hydrogens is 291 g/mol. The molecule has 124 valence electrons. The third-order valence-corrected chi connectivity index (χ3v) is 4.31. The number of rotatable bonds is 7. The molecule has 0 aromatic heterocycles. The molecule has 0 spiro atoms. The van der Waals surface area contributed by atoms with E-state index in [1.54, 1.807) is 12.1 Å². The number of hydrogen-bond donors (Lipinski definition) is 0. The van der Waals surface area contributed by atoms with Crippen LogP contribution in [0.25, 0.3) is 0 Å². The Labute approximate surface area is 138 Å². The first-order chi connectivity index (χ1) is 11.1. The lowest BCUT2D eigenvalue weighted by Gasteiger charge is -2.29. The van der Waals surface area contributed by atoms with Crippen LogP contribution in [0.5, 0.6) is 0 Å². The van der Waals surface area contributed by atoms with E-state index in [1.807, 2.05) is 17.1 Å². The second kappa shape index (κ2) is 8.63. The highest BCUT2D eigenvalue weighted by molar-refractivity contribution is 5.76. The standard InChI is InChI=1S/C19H25FN2O/c1-3-12-21(13-4-2)18-9-10-19(23)22(14-11-18)15-16-5-7-17(20)8-6-16/h3-8,18H,1-2,9-15H2. The van der Waals surface area contributed by atoms with Gasteiger partial charge in [0.1, 0.15) is 5.82 Å². The smallest absolute Gasteiger partial charge is 0.222 e. The lowest BCUT2D eigenvalue weighted by Crippen LogP contribution is -2.36. The molecule has 1 fully saturated rings. The van der Waals surface area contributed by atoms with Crippen molar-refractivity contribution in [1.29, 1.82) is 0 Å². The predicted octanol–water partition coefficient (Wildman–Crippen LogP) is 3.38. The van der Waals surface area contributed by atoms with Gasteiger partial charge in [0, 0.05) is 38.6 Å². The van der Waals surface area contributed by atoms with Gasteiger partial charge in [-0.25, -0.2) is 4.39 Å². The van der Waals surface area contributed by atoms with E-state index in [4.69, 9.17) is 0 Å². The molecule has 0 bridgehead atoms. The number of hydrogen-bond acceptors (Lipinski definition) is 2. The summed E-state index contributed by atoms with van der Waals surface area (Å²) in [6.07, 6.45) is 6.14. The maximum absolute atomic E-state index is 13.0. The number of amides is 1. The van der Waals surface area contributed by atoms with Crippen molar-refractivity contribution < 1.29 is 9.18 Å². The van der Waals surface area contributed by atoms with Crippen LogP contribution in [-0.4, -0.2) is 41.4 Å². The first kappa shape index (κ1) is 17.4. The Morgan fingerprint density at radius 2 is 1.83 bits per heavy atom. The summed E-state index contributed by atoms with van der Waals surface area (Å²) in [7, 11) is 0. The molecule has 0 radical (unpaired) electrons. The molecule has 3 nitrogen and oxygen atoms in total. The lowest BCUT2D eigenvalue weighted by molar-refractivity contribution is -0.131. The zero-order valence-corrected chi connectivity index (χ0v) is 13.6. The number of likely N-dealkylation sites (tertiary alicyclic amines) is 1. The summed E-state index contributed by atoms with van der Waals surface area (Å²) < 4.78 is 13.0. The van der Waals surface area contributed by atoms with Crippen LogP contribution in [0.1, 0.15) is 24.8 Å². The lowest BCUT2D eigenvalue weighted by atomic mass is 10.1. The molecule has 0 aliphatic carbocycles. The van der Waals surface area contributed by atoms with Crippen LogP contribution in [0, 0.1) is 5.82 Å². The van der Waals surface area contributed by atoms with Crippen molar-refractivity contribution in [3.63, 3.8) is 0 Å². The summed E-state index contributed by atoms with van der Waals surface area (Å²) >= 11 is 0. The van der Waals surface area contributed by atoms with Crippen LogP contribution in [0.2, 0.25) is 0 Å². The summed E-state index contributed by atoms with van der Waals surface area (Å²) in [6.45, 7) is 10.5. The van der Waals surface area contributed by atoms with E-state index in [1.165, 1.54) is 12.1 Å². The van der Waals surface area contributed by atoms with Crippen LogP contribution < -0.4 is 0 Å². The minimum Gasteiger partial charge on any atom is -0.338 e. The van der Waals surface area contributed by atoms with Gasteiger partial charge in [-0.15, -0.1) is 13.2 Å². The van der Waals surface area contributed by atoms with Gasteiger partial charge in [0.15, 0.2) is 0 Å². The zero-order valence-electron chi connectivity index (χ0n) is 13.6. The molecule has 1 amide bonds. The Bertz CT molecular complexity index is 531. The van der Waals surface area contributed by atoms with Crippen LogP contribution in [0.15, 0.2) is 49.6 Å². The van der Waals surface area contributed by atoms with Crippen molar-refractivity contribution in [3.8, 4) is 0 Å². The Balaban J connectivity index is 1.99. The second-order valence-electron chi connectivity index (χ2n) is 5.95. The van der Waals surface area contributed by atoms with Crippen molar-refractivity contribution in [3.05, 3.63) is 61.0 Å². The van der Waals surface area contributed by atoms with Gasteiger partial charge in [0.25, 0.3) is 0 Å². The number of benzene rings is 1. The van der Waals surface area contributed by atoms with E-state index < -0.39 is 0 Å². The molecule has 1 unspecified atom stereocenters. The van der Waals surface area contributed by atoms with E-state index in [2.05, 4.69) is 18.1 Å². The van der Waals surface area contributed by atoms with E-state index in [0.29, 0.717) is 19.0 Å². The molecule has 1 atom stereocenters. The fraction of sp³-hybridized carbons (Fsp3) is 0.421. The molecule has 1 aliphatic heterocycles. The summed E-state index contributed by atoms with van der Waals surface area (Å²) in [5, 5.41) is 0. The number of halogens is 1. The van der Waals surface area contributed by atoms with Crippen LogP contribution in [0.3, 0.4) is 0 Å². The Morgan fingerprint density at radius 1 is 1.17 bits per heavy atom. The van der Waals surface area contributed by atoms with E-state index >= 15 is 0 Å². The summed E-state index contributed by atoms with van der Waals surface area (Å²) in [4.78, 5) is 16.6. The van der Waals surface area contributed by atoms with Gasteiger partial charge < -0.3 is 4.90 Å². The van der Waals surface area contributed by atoms with E-state index in [9.17, 15) is 9.18 Å². The average Bonchev–Trinajstić information content (AvgIpc) is 2.72. The first-order valence-electron chi connectivity index (χ1n) is 8.12. The fourth-order valence-corrected chi connectivity index (χ4v) is 3.07. The molecule has 0 N–H and O–H groups in total. The Morgan fingerprint density at radius 3 is 2.43 bits per heavy atom. The summed E-state index contributed by atoms with van der Waals surface area (Å²) in [6, 6.07) is 6.74. The topological polar surface area (TPSA) is 23.6 Å². The Kier molecular flexibility index (Phi) is 6.53. The Hall–Kier alpha value is -1.94. The molecule has 4 heteroatoms. The second-order valence-corrected chi connectivity index (χ2v) is 5.95. The number of carbonyl (C=O) groups is 1. The molecule has 1 aromatic carbocycles. The van der Waals surface area contributed by atoms with Crippen molar-refractivity contribution in [2.75, 3.05) is 19.6 Å². The summed E-state index contributed by atoms with van der Waals surface area (Å²) in [5.74, 6) is -0.0746. The first-order valence-corrected chi connectivity index (χ1v) is 8.12. The van der Waals surface area contributed by atoms with Gasteiger partial charge in [0.2, 0.25) is 5.91 Å². The maximum atomic E-state index is 13.0. The highest BCUT2D eigenvalue weighted by Gasteiger charge is 2.25. The molecular formula is C19H25FN2O. The molecule has 1 saturated heterocycles. The highest BCUT2D eigenvalue weighted by Crippen LogP contribution is 2.19. The minimum absolute atomic E-state index is 0.175. The van der Waals surface area contributed by atoms with E-state index in [-0.39, 0.29) is 11.7 Å². The molecule has 0 saturated carbocycles. The summed E-state index contributed by atoms with van der Waals surface area (Å²) in [5.41, 5.74) is 0.965. The van der Waals surface area contributed by atoms with Crippen molar-refractivity contribution in [2.24, 2.45) is 0 Å². The van der Waals surface area contributed by atoms with Gasteiger partial charge >= 0.3 is 0 Å². The van der Waals surface area contributed by atoms with Gasteiger partial charge in [-0.2, -0.15) is 0 Å². The van der Waals surface area contributed by atoms with E-state index in [0.717, 1.165) is 38.0 Å². The van der Waals surface area contributed by atoms with Gasteiger partial charge in [0.05, 0.1) is 0 Å². The zero-order chi connectivity index (χ0) is 16.7. The molecule has 23 heavy (non-hydrogen) atoms. The van der Waals surface area contributed by atoms with Crippen molar-refractivity contribution in [1.82, 2.24) is 9.80 Å². The third-order valence-electron chi connectivity index (χ3n) is 4.31. The third kappa shape index (κ3) is 5.03. The van der Waals surface area contributed by atoms with Gasteiger partial charge in [-0.1, -0.05) is 24.3 Å².